The summed E-state index contributed by atoms with van der Waals surface area (Å²) >= 11 is 0. The van der Waals surface area contributed by atoms with Crippen LogP contribution in [-0.2, 0) is 0 Å². The minimum Gasteiger partial charge on any atom is -0.361 e. The first-order valence-electron chi connectivity index (χ1n) is 7.77. The molecule has 114 valence electrons. The van der Waals surface area contributed by atoms with Crippen LogP contribution in [0.15, 0.2) is 54.6 Å². The van der Waals surface area contributed by atoms with Crippen LogP contribution >= 0.6 is 0 Å². The van der Waals surface area contributed by atoms with E-state index in [0.29, 0.717) is 0 Å². The zero-order valence-electron chi connectivity index (χ0n) is 13.2. The van der Waals surface area contributed by atoms with E-state index >= 15 is 0 Å². The molecule has 0 spiro atoms. The molecule has 1 heterocycles. The summed E-state index contributed by atoms with van der Waals surface area (Å²) in [5.74, 6) is 0.126. The van der Waals surface area contributed by atoms with Crippen molar-refractivity contribution in [3.05, 3.63) is 65.7 Å². The lowest BCUT2D eigenvalue weighted by molar-refractivity contribution is 0.101. The minimum atomic E-state index is 0.126. The van der Waals surface area contributed by atoms with Crippen LogP contribution in [0, 0.1) is 0 Å². The molecular formula is C19H22N2O. The van der Waals surface area contributed by atoms with E-state index in [4.69, 9.17) is 0 Å². The zero-order valence-corrected chi connectivity index (χ0v) is 13.2. The first-order chi connectivity index (χ1) is 10.7. The molecule has 0 amide bonds. The number of ketones is 1. The van der Waals surface area contributed by atoms with Crippen molar-refractivity contribution in [2.24, 2.45) is 0 Å². The van der Waals surface area contributed by atoms with Crippen LogP contribution in [0.3, 0.4) is 0 Å². The lowest BCUT2D eigenvalue weighted by Gasteiger charge is -2.42. The highest BCUT2D eigenvalue weighted by molar-refractivity contribution is 5.99. The summed E-state index contributed by atoms with van der Waals surface area (Å²) in [6, 6.07) is 18.8. The van der Waals surface area contributed by atoms with Crippen LogP contribution in [0.1, 0.15) is 28.9 Å². The number of nitrogens with zero attached hydrogens (tertiary/aromatic N) is 2. The number of carbonyl (C=O) groups is 1. The topological polar surface area (TPSA) is 23.6 Å². The van der Waals surface area contributed by atoms with Gasteiger partial charge >= 0.3 is 0 Å². The average molecular weight is 294 g/mol. The summed E-state index contributed by atoms with van der Waals surface area (Å²) in [6.07, 6.45) is 0. The first kappa shape index (κ1) is 14.8. The van der Waals surface area contributed by atoms with Gasteiger partial charge in [0.25, 0.3) is 0 Å². The highest BCUT2D eigenvalue weighted by Gasteiger charge is 2.28. The molecule has 1 aliphatic rings. The molecular weight excluding hydrogens is 272 g/mol. The number of likely N-dealkylation sites (N-methyl/N-ethyl adjacent to an activating group) is 1. The fourth-order valence-corrected chi connectivity index (χ4v) is 3.19. The summed E-state index contributed by atoms with van der Waals surface area (Å²) in [7, 11) is 2.16. The molecule has 1 aliphatic heterocycles. The van der Waals surface area contributed by atoms with Gasteiger partial charge in [-0.25, -0.2) is 0 Å². The highest BCUT2D eigenvalue weighted by Crippen LogP contribution is 2.32. The number of hydrogen-bond donors (Lipinski definition) is 0. The maximum atomic E-state index is 12.0. The molecule has 0 radical (unpaired) electrons. The third-order valence-electron chi connectivity index (χ3n) is 4.36. The second-order valence-corrected chi connectivity index (χ2v) is 5.96. The Morgan fingerprint density at radius 1 is 1.00 bits per heavy atom. The van der Waals surface area contributed by atoms with Crippen molar-refractivity contribution in [2.75, 3.05) is 31.6 Å². The Bertz CT molecular complexity index is 653. The standard InChI is InChI=1S/C19H22N2O/c1-15(22)17-10-6-7-11-18(17)21-13-12-20(2)14-19(21)16-8-4-3-5-9-16/h3-11,19H,12-14H2,1-2H3. The lowest BCUT2D eigenvalue weighted by atomic mass is 9.99. The molecule has 1 saturated heterocycles. The SMILES string of the molecule is CC(=O)c1ccccc1N1CCN(C)CC1c1ccccc1. The maximum absolute atomic E-state index is 12.0. The molecule has 3 nitrogen and oxygen atoms in total. The van der Waals surface area contributed by atoms with Crippen LogP contribution in [0.5, 0.6) is 0 Å². The fraction of sp³-hybridized carbons (Fsp3) is 0.316. The molecule has 0 aliphatic carbocycles. The normalized spacial score (nSPS) is 19.2. The Balaban J connectivity index is 2.02. The number of Topliss-reactive ketones (excluding diaryl/α,β-unsaturated/α-hetero) is 1. The van der Waals surface area contributed by atoms with Crippen molar-refractivity contribution >= 4 is 11.5 Å². The number of carbonyl (C=O) groups excluding carboxylic acids is 1. The van der Waals surface area contributed by atoms with Crippen molar-refractivity contribution in [3.63, 3.8) is 0 Å². The summed E-state index contributed by atoms with van der Waals surface area (Å²) in [5, 5.41) is 0. The predicted octanol–water partition coefficient (Wildman–Crippen LogP) is 3.38. The third kappa shape index (κ3) is 2.90. The van der Waals surface area contributed by atoms with Crippen molar-refractivity contribution < 1.29 is 4.79 Å². The van der Waals surface area contributed by atoms with E-state index in [1.165, 1.54) is 5.56 Å². The van der Waals surface area contributed by atoms with Gasteiger partial charge in [0.05, 0.1) is 6.04 Å². The summed E-state index contributed by atoms with van der Waals surface area (Å²) in [4.78, 5) is 16.7. The van der Waals surface area contributed by atoms with E-state index in [2.05, 4.69) is 47.2 Å². The van der Waals surface area contributed by atoms with Gasteiger partial charge in [-0.05, 0) is 31.7 Å². The van der Waals surface area contributed by atoms with Crippen LogP contribution in [0.4, 0.5) is 5.69 Å². The quantitative estimate of drug-likeness (QED) is 0.811. The van der Waals surface area contributed by atoms with Gasteiger partial charge in [0.1, 0.15) is 0 Å². The largest absolute Gasteiger partial charge is 0.361 e. The van der Waals surface area contributed by atoms with Crippen molar-refractivity contribution in [2.45, 2.75) is 13.0 Å². The Morgan fingerprint density at radius 3 is 2.41 bits per heavy atom. The molecule has 22 heavy (non-hydrogen) atoms. The Labute approximate surface area is 132 Å². The summed E-state index contributed by atoms with van der Waals surface area (Å²) < 4.78 is 0. The first-order valence-corrected chi connectivity index (χ1v) is 7.77. The van der Waals surface area contributed by atoms with E-state index in [9.17, 15) is 4.79 Å². The van der Waals surface area contributed by atoms with Gasteiger partial charge in [0.15, 0.2) is 5.78 Å². The molecule has 3 rings (SSSR count). The van der Waals surface area contributed by atoms with Gasteiger partial charge < -0.3 is 9.80 Å². The molecule has 1 atom stereocenters. The van der Waals surface area contributed by atoms with E-state index in [-0.39, 0.29) is 11.8 Å². The van der Waals surface area contributed by atoms with E-state index in [1.807, 2.05) is 24.3 Å². The molecule has 0 saturated carbocycles. The maximum Gasteiger partial charge on any atom is 0.161 e. The number of para-hydroxylation sites is 1. The van der Waals surface area contributed by atoms with Crippen LogP contribution in [-0.4, -0.2) is 37.4 Å². The van der Waals surface area contributed by atoms with Crippen LogP contribution < -0.4 is 4.90 Å². The Hall–Kier alpha value is -2.13. The van der Waals surface area contributed by atoms with Gasteiger partial charge in [-0.2, -0.15) is 0 Å². The molecule has 2 aromatic carbocycles. The number of piperazine rings is 1. The van der Waals surface area contributed by atoms with Gasteiger partial charge in [-0.1, -0.05) is 42.5 Å². The van der Waals surface area contributed by atoms with Crippen LogP contribution in [0.2, 0.25) is 0 Å². The van der Waals surface area contributed by atoms with Crippen molar-refractivity contribution in [3.8, 4) is 0 Å². The molecule has 0 aromatic heterocycles. The molecule has 2 aromatic rings. The van der Waals surface area contributed by atoms with Gasteiger partial charge in [0, 0.05) is 30.9 Å². The molecule has 1 fully saturated rings. The lowest BCUT2D eigenvalue weighted by Crippen LogP contribution is -2.47. The molecule has 1 unspecified atom stereocenters. The second-order valence-electron chi connectivity index (χ2n) is 5.96. The fourth-order valence-electron chi connectivity index (χ4n) is 3.19. The Kier molecular flexibility index (Phi) is 4.25. The van der Waals surface area contributed by atoms with E-state index in [0.717, 1.165) is 30.9 Å². The zero-order chi connectivity index (χ0) is 15.5. The van der Waals surface area contributed by atoms with E-state index in [1.54, 1.807) is 6.92 Å². The third-order valence-corrected chi connectivity index (χ3v) is 4.36. The van der Waals surface area contributed by atoms with Gasteiger partial charge in [-0.15, -0.1) is 0 Å². The second kappa shape index (κ2) is 6.32. The highest BCUT2D eigenvalue weighted by atomic mass is 16.1. The average Bonchev–Trinajstić information content (AvgIpc) is 2.55. The number of benzene rings is 2. The number of anilines is 1. The van der Waals surface area contributed by atoms with E-state index < -0.39 is 0 Å². The van der Waals surface area contributed by atoms with Gasteiger partial charge in [0.2, 0.25) is 0 Å². The van der Waals surface area contributed by atoms with Crippen molar-refractivity contribution in [1.29, 1.82) is 0 Å². The monoisotopic (exact) mass is 294 g/mol. The predicted molar refractivity (Wildman–Crippen MR) is 90.5 cm³/mol. The minimum absolute atomic E-state index is 0.126. The Morgan fingerprint density at radius 2 is 1.68 bits per heavy atom. The smallest absolute Gasteiger partial charge is 0.161 e. The molecule has 0 bridgehead atoms. The molecule has 0 N–H and O–H groups in total. The van der Waals surface area contributed by atoms with Gasteiger partial charge in [-0.3, -0.25) is 4.79 Å². The summed E-state index contributed by atoms with van der Waals surface area (Å²) in [5.41, 5.74) is 3.16. The number of hydrogen-bond acceptors (Lipinski definition) is 3. The van der Waals surface area contributed by atoms with Crippen molar-refractivity contribution in [1.82, 2.24) is 4.90 Å². The van der Waals surface area contributed by atoms with Crippen LogP contribution in [0.25, 0.3) is 0 Å². The number of rotatable bonds is 3. The molecule has 3 heteroatoms. The summed E-state index contributed by atoms with van der Waals surface area (Å²) in [6.45, 7) is 4.55.